The summed E-state index contributed by atoms with van der Waals surface area (Å²) in [7, 11) is 0. The first-order valence-corrected chi connectivity index (χ1v) is 8.38. The third-order valence-electron chi connectivity index (χ3n) is 3.90. The molecule has 0 amide bonds. The van der Waals surface area contributed by atoms with Gasteiger partial charge in [0.25, 0.3) is 0 Å². The molecule has 0 spiro atoms. The number of hydrogen-bond donors (Lipinski definition) is 1. The number of nitrogens with zero attached hydrogens (tertiary/aromatic N) is 3. The second kappa shape index (κ2) is 5.86. The van der Waals surface area contributed by atoms with E-state index >= 15 is 0 Å². The van der Waals surface area contributed by atoms with Gasteiger partial charge in [0.05, 0.1) is 13.2 Å². The van der Waals surface area contributed by atoms with Gasteiger partial charge in [-0.25, -0.2) is 14.6 Å². The molecule has 1 fully saturated rings. The fourth-order valence-corrected chi connectivity index (χ4v) is 2.82. The molecule has 0 radical (unpaired) electrons. The number of nitrogens with one attached hydrogen (secondary N) is 1. The Bertz CT molecular complexity index is 901. The zero-order valence-electron chi connectivity index (χ0n) is 14.9. The smallest absolute Gasteiger partial charge is 0.217 e. The molecule has 0 aromatic carbocycles. The lowest BCUT2D eigenvalue weighted by atomic mass is 10.1. The van der Waals surface area contributed by atoms with Gasteiger partial charge in [-0.2, -0.15) is 0 Å². The molecule has 0 saturated carbocycles. The van der Waals surface area contributed by atoms with Crippen LogP contribution in [0.3, 0.4) is 0 Å². The fourth-order valence-electron chi connectivity index (χ4n) is 2.82. The number of aryl methyl sites for hydroxylation is 1. The molecule has 1 saturated heterocycles. The maximum Gasteiger partial charge on any atom is 0.217 e. The average molecular weight is 342 g/mol. The highest BCUT2D eigenvalue weighted by Gasteiger charge is 2.25. The van der Waals surface area contributed by atoms with E-state index in [9.17, 15) is 0 Å². The van der Waals surface area contributed by atoms with E-state index in [1.807, 2.05) is 29.8 Å². The second-order valence-corrected chi connectivity index (χ2v) is 7.21. The number of ether oxygens (including phenoxy) is 2. The summed E-state index contributed by atoms with van der Waals surface area (Å²) in [5.74, 6) is 1.96. The Kier molecular flexibility index (Phi) is 3.77. The van der Waals surface area contributed by atoms with Gasteiger partial charge in [0.15, 0.2) is 23.0 Å². The Morgan fingerprint density at radius 2 is 1.92 bits per heavy atom. The lowest BCUT2D eigenvalue weighted by molar-refractivity contribution is -0.0585. The van der Waals surface area contributed by atoms with E-state index in [-0.39, 0.29) is 5.54 Å². The van der Waals surface area contributed by atoms with Gasteiger partial charge >= 0.3 is 0 Å². The summed E-state index contributed by atoms with van der Waals surface area (Å²) < 4.78 is 18.9. The van der Waals surface area contributed by atoms with Crippen molar-refractivity contribution in [3.63, 3.8) is 0 Å². The monoisotopic (exact) mass is 342 g/mol. The van der Waals surface area contributed by atoms with Crippen LogP contribution in [0.1, 0.15) is 38.4 Å². The molecular formula is C18H22N4O3. The summed E-state index contributed by atoms with van der Waals surface area (Å²) in [6.45, 7) is 9.45. The van der Waals surface area contributed by atoms with Crippen LogP contribution in [0, 0.1) is 6.92 Å². The minimum absolute atomic E-state index is 0.166. The number of furan rings is 1. The highest BCUT2D eigenvalue weighted by molar-refractivity contribution is 5.79. The molecule has 0 unspecified atom stereocenters. The maximum absolute atomic E-state index is 5.98. The van der Waals surface area contributed by atoms with Gasteiger partial charge in [0.1, 0.15) is 5.52 Å². The van der Waals surface area contributed by atoms with Crippen molar-refractivity contribution in [1.82, 2.24) is 14.6 Å². The predicted octanol–water partition coefficient (Wildman–Crippen LogP) is 3.39. The number of fused-ring (bicyclic) bond motifs is 1. The van der Waals surface area contributed by atoms with Gasteiger partial charge in [-0.3, -0.25) is 0 Å². The number of aromatic nitrogens is 3. The first-order valence-electron chi connectivity index (χ1n) is 8.38. The van der Waals surface area contributed by atoms with Crippen LogP contribution in [0.25, 0.3) is 22.7 Å². The highest BCUT2D eigenvalue weighted by atomic mass is 16.7. The molecule has 1 aliphatic heterocycles. The first-order chi connectivity index (χ1) is 11.9. The molecule has 0 bridgehead atoms. The first kappa shape index (κ1) is 16.1. The van der Waals surface area contributed by atoms with Crippen molar-refractivity contribution in [2.45, 2.75) is 39.5 Å². The van der Waals surface area contributed by atoms with Crippen molar-refractivity contribution in [2.24, 2.45) is 0 Å². The number of rotatable bonds is 3. The summed E-state index contributed by atoms with van der Waals surface area (Å²) in [4.78, 5) is 9.27. The van der Waals surface area contributed by atoms with Crippen molar-refractivity contribution in [3.8, 4) is 11.6 Å². The summed E-state index contributed by atoms with van der Waals surface area (Å²) >= 11 is 0. The Morgan fingerprint density at radius 1 is 1.16 bits per heavy atom. The van der Waals surface area contributed by atoms with Gasteiger partial charge < -0.3 is 19.3 Å². The summed E-state index contributed by atoms with van der Waals surface area (Å²) in [6, 6.07) is 5.71. The Morgan fingerprint density at radius 3 is 2.64 bits per heavy atom. The SMILES string of the molecule is Cc1ccnc2c1nc(-c1ccc(C3OCCO3)o1)n2NC(C)(C)C. The van der Waals surface area contributed by atoms with Gasteiger partial charge in [-0.1, -0.05) is 0 Å². The molecule has 3 aromatic rings. The lowest BCUT2D eigenvalue weighted by Crippen LogP contribution is -2.34. The van der Waals surface area contributed by atoms with Crippen molar-refractivity contribution < 1.29 is 13.9 Å². The number of hydrogen-bond acceptors (Lipinski definition) is 6. The van der Waals surface area contributed by atoms with Crippen LogP contribution in [0.2, 0.25) is 0 Å². The third kappa shape index (κ3) is 3.01. The molecule has 0 atom stereocenters. The van der Waals surface area contributed by atoms with Gasteiger partial charge in [0, 0.05) is 11.7 Å². The topological polar surface area (TPSA) is 74.3 Å². The van der Waals surface area contributed by atoms with E-state index in [2.05, 4.69) is 31.2 Å². The van der Waals surface area contributed by atoms with Crippen molar-refractivity contribution in [3.05, 3.63) is 35.7 Å². The molecular weight excluding hydrogens is 320 g/mol. The second-order valence-electron chi connectivity index (χ2n) is 7.21. The molecule has 1 aliphatic rings. The normalized spacial score (nSPS) is 16.0. The number of pyridine rings is 1. The molecule has 7 heteroatoms. The third-order valence-corrected chi connectivity index (χ3v) is 3.90. The van der Waals surface area contributed by atoms with Crippen LogP contribution in [0.5, 0.6) is 0 Å². The molecule has 4 heterocycles. The highest BCUT2D eigenvalue weighted by Crippen LogP contribution is 2.31. The molecule has 25 heavy (non-hydrogen) atoms. The van der Waals surface area contributed by atoms with Crippen molar-refractivity contribution in [1.29, 1.82) is 0 Å². The van der Waals surface area contributed by atoms with Gasteiger partial charge in [-0.15, -0.1) is 0 Å². The average Bonchev–Trinajstić information content (AvgIpc) is 3.24. The van der Waals surface area contributed by atoms with Gasteiger partial charge in [-0.05, 0) is 51.5 Å². The van der Waals surface area contributed by atoms with E-state index in [1.54, 1.807) is 6.20 Å². The van der Waals surface area contributed by atoms with Crippen LogP contribution < -0.4 is 5.43 Å². The maximum atomic E-state index is 5.98. The standard InChI is InChI=1S/C18H22N4O3/c1-11-7-8-19-16-14(11)20-15(22(16)21-18(2,3)4)12-5-6-13(25-12)17-23-9-10-24-17/h5-8,17,21H,9-10H2,1-4H3. The molecule has 3 aromatic heterocycles. The number of imidazole rings is 1. The van der Waals surface area contributed by atoms with E-state index in [0.717, 1.165) is 16.7 Å². The summed E-state index contributed by atoms with van der Waals surface area (Å²) in [5.41, 5.74) is 5.97. The van der Waals surface area contributed by atoms with E-state index in [0.29, 0.717) is 30.6 Å². The van der Waals surface area contributed by atoms with Crippen LogP contribution in [-0.2, 0) is 9.47 Å². The Balaban J connectivity index is 1.83. The molecule has 0 aliphatic carbocycles. The minimum Gasteiger partial charge on any atom is -0.452 e. The van der Waals surface area contributed by atoms with Gasteiger partial charge in [0.2, 0.25) is 6.29 Å². The van der Waals surface area contributed by atoms with Crippen LogP contribution in [0.4, 0.5) is 0 Å². The summed E-state index contributed by atoms with van der Waals surface area (Å²) in [5, 5.41) is 0. The molecule has 1 N–H and O–H groups in total. The van der Waals surface area contributed by atoms with Crippen LogP contribution in [-0.4, -0.2) is 33.4 Å². The van der Waals surface area contributed by atoms with Crippen LogP contribution >= 0.6 is 0 Å². The predicted molar refractivity (Wildman–Crippen MR) is 93.7 cm³/mol. The molecule has 7 nitrogen and oxygen atoms in total. The zero-order valence-corrected chi connectivity index (χ0v) is 14.9. The Hall–Kier alpha value is -2.38. The largest absolute Gasteiger partial charge is 0.452 e. The minimum atomic E-state index is -0.443. The fraction of sp³-hybridized carbons (Fsp3) is 0.444. The van der Waals surface area contributed by atoms with Crippen molar-refractivity contribution >= 4 is 11.2 Å². The Labute approximate surface area is 145 Å². The quantitative estimate of drug-likeness (QED) is 0.786. The van der Waals surface area contributed by atoms with E-state index in [1.165, 1.54) is 0 Å². The summed E-state index contributed by atoms with van der Waals surface area (Å²) in [6.07, 6.45) is 1.35. The molecule has 4 rings (SSSR count). The lowest BCUT2D eigenvalue weighted by Gasteiger charge is -2.23. The molecule has 132 valence electrons. The van der Waals surface area contributed by atoms with Crippen LogP contribution in [0.15, 0.2) is 28.8 Å². The van der Waals surface area contributed by atoms with E-state index < -0.39 is 6.29 Å². The zero-order chi connectivity index (χ0) is 17.6. The van der Waals surface area contributed by atoms with Crippen molar-refractivity contribution in [2.75, 3.05) is 18.6 Å². The van der Waals surface area contributed by atoms with E-state index in [4.69, 9.17) is 18.9 Å².